The van der Waals surface area contributed by atoms with Gasteiger partial charge in [0.25, 0.3) is 0 Å². The van der Waals surface area contributed by atoms with Gasteiger partial charge in [0.15, 0.2) is 0 Å². The quantitative estimate of drug-likeness (QED) is 0.234. The second-order valence-corrected chi connectivity index (χ2v) is 10.6. The summed E-state index contributed by atoms with van der Waals surface area (Å²) in [6, 6.07) is 17.6. The molecule has 0 aliphatic heterocycles. The molecule has 1 aromatic heterocycles. The van der Waals surface area contributed by atoms with Gasteiger partial charge in [-0.3, -0.25) is 0 Å². The second kappa shape index (κ2) is 10.4. The number of carboxylic acids is 1. The van der Waals surface area contributed by atoms with Gasteiger partial charge in [-0.2, -0.15) is 0 Å². The summed E-state index contributed by atoms with van der Waals surface area (Å²) in [5, 5.41) is 14.8. The van der Waals surface area contributed by atoms with Crippen LogP contribution in [0.3, 0.4) is 0 Å². The molecule has 5 rings (SSSR count). The maximum Gasteiger partial charge on any atom is 0.335 e. The van der Waals surface area contributed by atoms with E-state index < -0.39 is 12.6 Å². The number of rotatable bonds is 8. The van der Waals surface area contributed by atoms with E-state index in [9.17, 15) is 9.90 Å². The van der Waals surface area contributed by atoms with Gasteiger partial charge in [0.05, 0.1) is 22.5 Å². The highest BCUT2D eigenvalue weighted by molar-refractivity contribution is 6.39. The summed E-state index contributed by atoms with van der Waals surface area (Å²) in [4.78, 5) is 11.3. The van der Waals surface area contributed by atoms with E-state index in [0.717, 1.165) is 17.5 Å². The molecular weight excluding hydrogens is 533 g/mol. The third kappa shape index (κ3) is 5.22. The average molecular weight is 558 g/mol. The highest BCUT2D eigenvalue weighted by atomic mass is 35.5. The smallest absolute Gasteiger partial charge is 0.335 e. The normalized spacial score (nSPS) is 17.9. The largest absolute Gasteiger partial charge is 0.489 e. The lowest BCUT2D eigenvalue weighted by molar-refractivity contribution is 0.0696. The Morgan fingerprint density at radius 2 is 1.81 bits per heavy atom. The summed E-state index contributed by atoms with van der Waals surface area (Å²) in [5.74, 6) is 0.338. The van der Waals surface area contributed by atoms with E-state index in [1.807, 2.05) is 26.0 Å². The predicted octanol–water partition coefficient (Wildman–Crippen LogP) is 8.97. The molecule has 0 bridgehead atoms. The summed E-state index contributed by atoms with van der Waals surface area (Å²) in [6.45, 7) is 2.72. The zero-order valence-corrected chi connectivity index (χ0v) is 22.3. The monoisotopic (exact) mass is 556 g/mol. The molecule has 0 saturated heterocycles. The second-order valence-electron chi connectivity index (χ2n) is 9.36. The Morgan fingerprint density at radius 1 is 1.08 bits per heavy atom. The van der Waals surface area contributed by atoms with E-state index in [2.05, 4.69) is 5.16 Å². The molecule has 0 spiro atoms. The SMILES string of the molecule is [2H]C(Oc1ccc(C2CC2c2cccc(C(=O)O)c2)c(Cl)c1)c1c(-c2c(Cl)cccc2Cl)noc1C(C)C. The van der Waals surface area contributed by atoms with E-state index in [4.69, 9.17) is 45.4 Å². The maximum atomic E-state index is 11.3. The molecule has 5 nitrogen and oxygen atoms in total. The van der Waals surface area contributed by atoms with Crippen molar-refractivity contribution in [2.45, 2.75) is 44.6 Å². The van der Waals surface area contributed by atoms with Crippen molar-refractivity contribution in [3.8, 4) is 17.0 Å². The van der Waals surface area contributed by atoms with E-state index in [1.165, 1.54) is 0 Å². The van der Waals surface area contributed by atoms with Gasteiger partial charge in [-0.25, -0.2) is 4.79 Å². The minimum atomic E-state index is -1.17. The fraction of sp³-hybridized carbons (Fsp3) is 0.241. The molecule has 8 heteroatoms. The van der Waals surface area contributed by atoms with E-state index in [1.54, 1.807) is 48.5 Å². The molecule has 3 atom stereocenters. The van der Waals surface area contributed by atoms with Gasteiger partial charge < -0.3 is 14.4 Å². The number of aromatic nitrogens is 1. The Kier molecular flexibility index (Phi) is 6.85. The van der Waals surface area contributed by atoms with Crippen molar-refractivity contribution in [1.82, 2.24) is 5.16 Å². The third-order valence-electron chi connectivity index (χ3n) is 6.52. The molecule has 190 valence electrons. The summed E-state index contributed by atoms with van der Waals surface area (Å²) in [6.07, 6.45) is 0.879. The number of nitrogens with zero attached hydrogens (tertiary/aromatic N) is 1. The maximum absolute atomic E-state index is 11.3. The number of aromatic carboxylic acids is 1. The fourth-order valence-electron chi connectivity index (χ4n) is 4.56. The summed E-state index contributed by atoms with van der Waals surface area (Å²) in [5.41, 5.74) is 3.53. The Labute approximate surface area is 231 Å². The Bertz CT molecular complexity index is 1500. The first-order chi connectivity index (χ1) is 18.2. The topological polar surface area (TPSA) is 72.6 Å². The first-order valence-corrected chi connectivity index (χ1v) is 12.9. The Morgan fingerprint density at radius 3 is 2.49 bits per heavy atom. The molecule has 1 aliphatic carbocycles. The van der Waals surface area contributed by atoms with Gasteiger partial charge in [-0.1, -0.05) is 78.1 Å². The molecule has 1 N–H and O–H groups in total. The van der Waals surface area contributed by atoms with Crippen LogP contribution in [0.5, 0.6) is 5.75 Å². The Hall–Kier alpha value is -2.99. The van der Waals surface area contributed by atoms with Gasteiger partial charge in [0.1, 0.15) is 23.8 Å². The molecule has 4 aromatic rings. The zero-order chi connectivity index (χ0) is 27.1. The van der Waals surface area contributed by atoms with Gasteiger partial charge in [0, 0.05) is 16.5 Å². The summed E-state index contributed by atoms with van der Waals surface area (Å²) < 4.78 is 20.5. The first kappa shape index (κ1) is 24.4. The standard InChI is InChI=1S/C29H24Cl3NO4/c1-15(2)28-22(27(33-37-28)26-23(30)7-4-8-24(26)31)14-36-18-9-10-19(25(32)12-18)21-13-20(21)16-5-3-6-17(11-16)29(34)35/h3-12,15,20-21H,13-14H2,1-2H3,(H,34,35)/i14D. The van der Waals surface area contributed by atoms with Crippen LogP contribution in [0.25, 0.3) is 11.3 Å². The van der Waals surface area contributed by atoms with Crippen LogP contribution in [0, 0.1) is 0 Å². The Balaban J connectivity index is 1.39. The van der Waals surface area contributed by atoms with E-state index >= 15 is 0 Å². The number of benzene rings is 3. The first-order valence-electron chi connectivity index (χ1n) is 12.4. The molecule has 1 heterocycles. The predicted molar refractivity (Wildman–Crippen MR) is 145 cm³/mol. The molecule has 1 saturated carbocycles. The van der Waals surface area contributed by atoms with Crippen LogP contribution in [0.2, 0.25) is 15.1 Å². The molecule has 1 fully saturated rings. The van der Waals surface area contributed by atoms with Crippen LogP contribution in [0.1, 0.15) is 72.2 Å². The van der Waals surface area contributed by atoms with Crippen molar-refractivity contribution < 1.29 is 20.5 Å². The van der Waals surface area contributed by atoms with Gasteiger partial charge >= 0.3 is 5.97 Å². The van der Waals surface area contributed by atoms with Crippen LogP contribution < -0.4 is 4.74 Å². The van der Waals surface area contributed by atoms with Crippen molar-refractivity contribution in [3.63, 3.8) is 0 Å². The highest BCUT2D eigenvalue weighted by Gasteiger charge is 2.40. The summed E-state index contributed by atoms with van der Waals surface area (Å²) in [7, 11) is 0. The third-order valence-corrected chi connectivity index (χ3v) is 7.47. The fourth-order valence-corrected chi connectivity index (χ4v) is 5.45. The lowest BCUT2D eigenvalue weighted by Gasteiger charge is -2.12. The van der Waals surface area contributed by atoms with Crippen LogP contribution in [-0.4, -0.2) is 16.2 Å². The lowest BCUT2D eigenvalue weighted by Crippen LogP contribution is -2.01. The highest BCUT2D eigenvalue weighted by Crippen LogP contribution is 2.56. The van der Waals surface area contributed by atoms with Crippen LogP contribution in [-0.2, 0) is 6.58 Å². The molecular formula is C29H24Cl3NO4. The number of hydrogen-bond acceptors (Lipinski definition) is 4. The van der Waals surface area contributed by atoms with E-state index in [-0.39, 0.29) is 23.3 Å². The van der Waals surface area contributed by atoms with Crippen LogP contribution >= 0.6 is 34.8 Å². The van der Waals surface area contributed by atoms with Gasteiger partial charge in [-0.05, 0) is 65.8 Å². The summed E-state index contributed by atoms with van der Waals surface area (Å²) >= 11 is 19.5. The van der Waals surface area contributed by atoms with Gasteiger partial charge in [-0.15, -0.1) is 0 Å². The minimum absolute atomic E-state index is 0.0543. The number of hydrogen-bond donors (Lipinski definition) is 1. The molecule has 3 aromatic carbocycles. The van der Waals surface area contributed by atoms with Crippen LogP contribution in [0.15, 0.2) is 65.2 Å². The number of carboxylic acid groups (broad SMARTS) is 1. The van der Waals surface area contributed by atoms with Crippen molar-refractivity contribution in [2.75, 3.05) is 0 Å². The number of ether oxygens (including phenoxy) is 1. The lowest BCUT2D eigenvalue weighted by atomic mass is 10.0. The zero-order valence-electron chi connectivity index (χ0n) is 21.0. The van der Waals surface area contributed by atoms with Crippen molar-refractivity contribution in [1.29, 1.82) is 0 Å². The molecule has 37 heavy (non-hydrogen) atoms. The van der Waals surface area contributed by atoms with Crippen molar-refractivity contribution >= 4 is 40.8 Å². The van der Waals surface area contributed by atoms with Gasteiger partial charge in [0.2, 0.25) is 0 Å². The van der Waals surface area contributed by atoms with E-state index in [0.29, 0.717) is 43.4 Å². The minimum Gasteiger partial charge on any atom is -0.489 e. The molecule has 3 unspecified atom stereocenters. The molecule has 1 aliphatic rings. The average Bonchev–Trinajstić information content (AvgIpc) is 3.54. The van der Waals surface area contributed by atoms with Crippen molar-refractivity contribution in [3.05, 3.63) is 104 Å². The number of halogens is 3. The number of carbonyl (C=O) groups is 1. The molecule has 0 radical (unpaired) electrons. The van der Waals surface area contributed by atoms with Crippen LogP contribution in [0.4, 0.5) is 0 Å². The van der Waals surface area contributed by atoms with Crippen molar-refractivity contribution in [2.24, 2.45) is 0 Å². The molecule has 0 amide bonds.